The first-order chi connectivity index (χ1) is 9.38. The Balaban J connectivity index is 0.00000400. The molecule has 0 saturated carbocycles. The molecule has 0 aromatic carbocycles. The van der Waals surface area contributed by atoms with E-state index in [1.54, 1.807) is 25.8 Å². The lowest BCUT2D eigenvalue weighted by atomic mass is 10.3. The molecule has 0 aliphatic carbocycles. The smallest absolute Gasteiger partial charge is 0.312 e. The predicted octanol–water partition coefficient (Wildman–Crippen LogP) is 0.898. The maximum absolute atomic E-state index is 11.9. The number of carbonyl (C=O) groups is 1. The van der Waals surface area contributed by atoms with Gasteiger partial charge in [0.1, 0.15) is 11.4 Å². The minimum absolute atomic E-state index is 0. The van der Waals surface area contributed by atoms with Gasteiger partial charge in [-0.25, -0.2) is 0 Å². The standard InChI is InChI=1S/C12H21N5O3.ClH/c1-9-12(17(19)20)10(2)16(14-9)7-5-11(18)15(4)8-6-13-3;/h13H,5-8H2,1-4H3;1H. The molecule has 1 aromatic rings. The monoisotopic (exact) mass is 319 g/mol. The van der Waals surface area contributed by atoms with E-state index in [-0.39, 0.29) is 30.4 Å². The summed E-state index contributed by atoms with van der Waals surface area (Å²) in [6.45, 7) is 4.96. The third kappa shape index (κ3) is 4.98. The van der Waals surface area contributed by atoms with E-state index >= 15 is 0 Å². The fraction of sp³-hybridized carbons (Fsp3) is 0.667. The van der Waals surface area contributed by atoms with Crippen molar-refractivity contribution >= 4 is 24.0 Å². The number of nitrogens with one attached hydrogen (secondary N) is 1. The Hall–Kier alpha value is -1.67. The zero-order valence-corrected chi connectivity index (χ0v) is 13.6. The third-order valence-electron chi connectivity index (χ3n) is 3.19. The Morgan fingerprint density at radius 1 is 1.48 bits per heavy atom. The number of halogens is 1. The van der Waals surface area contributed by atoms with Crippen molar-refractivity contribution in [1.82, 2.24) is 20.0 Å². The third-order valence-corrected chi connectivity index (χ3v) is 3.19. The molecule has 1 N–H and O–H groups in total. The number of rotatable bonds is 7. The summed E-state index contributed by atoms with van der Waals surface area (Å²) in [6.07, 6.45) is 0.277. The zero-order chi connectivity index (χ0) is 15.3. The van der Waals surface area contributed by atoms with Gasteiger partial charge < -0.3 is 10.2 Å². The number of likely N-dealkylation sites (N-methyl/N-ethyl adjacent to an activating group) is 2. The van der Waals surface area contributed by atoms with Crippen molar-refractivity contribution in [1.29, 1.82) is 0 Å². The number of amides is 1. The van der Waals surface area contributed by atoms with Crippen LogP contribution in [0.25, 0.3) is 0 Å². The summed E-state index contributed by atoms with van der Waals surface area (Å²) in [5.74, 6) is -0.00421. The van der Waals surface area contributed by atoms with Crippen LogP contribution in [0.15, 0.2) is 0 Å². The van der Waals surface area contributed by atoms with Crippen LogP contribution in [0.2, 0.25) is 0 Å². The summed E-state index contributed by atoms with van der Waals surface area (Å²) in [6, 6.07) is 0. The van der Waals surface area contributed by atoms with Crippen LogP contribution in [-0.2, 0) is 11.3 Å². The van der Waals surface area contributed by atoms with Gasteiger partial charge in [-0.3, -0.25) is 19.6 Å². The van der Waals surface area contributed by atoms with Gasteiger partial charge >= 0.3 is 5.69 Å². The largest absolute Gasteiger partial charge is 0.344 e. The molecule has 0 unspecified atom stereocenters. The fourth-order valence-corrected chi connectivity index (χ4v) is 1.97. The second-order valence-electron chi connectivity index (χ2n) is 4.67. The van der Waals surface area contributed by atoms with E-state index in [2.05, 4.69) is 10.4 Å². The first-order valence-corrected chi connectivity index (χ1v) is 6.45. The normalized spacial score (nSPS) is 10.1. The van der Waals surface area contributed by atoms with Gasteiger partial charge in [-0.2, -0.15) is 5.10 Å². The van der Waals surface area contributed by atoms with Crippen LogP contribution in [0, 0.1) is 24.0 Å². The van der Waals surface area contributed by atoms with Crippen molar-refractivity contribution in [3.05, 3.63) is 21.5 Å². The van der Waals surface area contributed by atoms with Crippen LogP contribution in [0.3, 0.4) is 0 Å². The quantitative estimate of drug-likeness (QED) is 0.595. The fourth-order valence-electron chi connectivity index (χ4n) is 1.97. The highest BCUT2D eigenvalue weighted by Crippen LogP contribution is 2.21. The topological polar surface area (TPSA) is 93.3 Å². The summed E-state index contributed by atoms with van der Waals surface area (Å²) < 4.78 is 1.53. The predicted molar refractivity (Wildman–Crippen MR) is 81.8 cm³/mol. The molecule has 1 aromatic heterocycles. The van der Waals surface area contributed by atoms with E-state index in [0.717, 1.165) is 6.54 Å². The van der Waals surface area contributed by atoms with E-state index in [1.807, 2.05) is 7.05 Å². The average molecular weight is 320 g/mol. The SMILES string of the molecule is CNCCN(C)C(=O)CCn1nc(C)c([N+](=O)[O-])c1C.Cl. The van der Waals surface area contributed by atoms with Crippen molar-refractivity contribution in [2.24, 2.45) is 0 Å². The van der Waals surface area contributed by atoms with Crippen LogP contribution >= 0.6 is 12.4 Å². The molecule has 8 nitrogen and oxygen atoms in total. The first kappa shape index (κ1) is 19.3. The molecule has 1 heterocycles. The van der Waals surface area contributed by atoms with Gasteiger partial charge in [0.25, 0.3) is 0 Å². The van der Waals surface area contributed by atoms with Gasteiger partial charge in [0.05, 0.1) is 11.5 Å². The summed E-state index contributed by atoms with van der Waals surface area (Å²) >= 11 is 0. The Labute approximate surface area is 130 Å². The summed E-state index contributed by atoms with van der Waals surface area (Å²) in [7, 11) is 3.57. The molecule has 0 saturated heterocycles. The van der Waals surface area contributed by atoms with Crippen molar-refractivity contribution < 1.29 is 9.72 Å². The molecule has 0 aliphatic heterocycles. The molecule has 0 radical (unpaired) electrons. The van der Waals surface area contributed by atoms with Gasteiger partial charge in [0.15, 0.2) is 0 Å². The van der Waals surface area contributed by atoms with E-state index in [0.29, 0.717) is 24.5 Å². The van der Waals surface area contributed by atoms with Crippen LogP contribution in [0.5, 0.6) is 0 Å². The highest BCUT2D eigenvalue weighted by Gasteiger charge is 2.22. The molecule has 1 rings (SSSR count). The Morgan fingerprint density at radius 3 is 2.57 bits per heavy atom. The van der Waals surface area contributed by atoms with Crippen LogP contribution in [0.1, 0.15) is 17.8 Å². The lowest BCUT2D eigenvalue weighted by Gasteiger charge is -2.16. The second kappa shape index (κ2) is 8.58. The molecule has 1 amide bonds. The number of aromatic nitrogens is 2. The second-order valence-corrected chi connectivity index (χ2v) is 4.67. The van der Waals surface area contributed by atoms with Crippen molar-refractivity contribution in [2.45, 2.75) is 26.8 Å². The molecule has 9 heteroatoms. The maximum Gasteiger partial charge on any atom is 0.312 e. The molecule has 0 aliphatic rings. The molecular formula is C12H22ClN5O3. The van der Waals surface area contributed by atoms with E-state index in [4.69, 9.17) is 0 Å². The van der Waals surface area contributed by atoms with Gasteiger partial charge in [-0.1, -0.05) is 0 Å². The number of nitrogens with zero attached hydrogens (tertiary/aromatic N) is 4. The molecule has 0 spiro atoms. The number of carbonyl (C=O) groups excluding carboxylic acids is 1. The first-order valence-electron chi connectivity index (χ1n) is 6.45. The lowest BCUT2D eigenvalue weighted by Crippen LogP contribution is -2.33. The molecule has 120 valence electrons. The minimum atomic E-state index is -0.435. The van der Waals surface area contributed by atoms with E-state index < -0.39 is 4.92 Å². The molecular weight excluding hydrogens is 298 g/mol. The van der Waals surface area contributed by atoms with E-state index in [1.165, 1.54) is 4.68 Å². The lowest BCUT2D eigenvalue weighted by molar-refractivity contribution is -0.386. The summed E-state index contributed by atoms with van der Waals surface area (Å²) in [5.41, 5.74) is 0.891. The summed E-state index contributed by atoms with van der Waals surface area (Å²) in [4.78, 5) is 24.0. The Morgan fingerprint density at radius 2 is 2.10 bits per heavy atom. The Kier molecular flexibility index (Phi) is 7.90. The highest BCUT2D eigenvalue weighted by molar-refractivity contribution is 5.85. The number of aryl methyl sites for hydroxylation is 2. The van der Waals surface area contributed by atoms with Crippen LogP contribution in [0.4, 0.5) is 5.69 Å². The van der Waals surface area contributed by atoms with Gasteiger partial charge in [0.2, 0.25) is 5.91 Å². The summed E-state index contributed by atoms with van der Waals surface area (Å²) in [5, 5.41) is 18.0. The van der Waals surface area contributed by atoms with Gasteiger partial charge in [-0.05, 0) is 20.9 Å². The van der Waals surface area contributed by atoms with Crippen LogP contribution < -0.4 is 5.32 Å². The van der Waals surface area contributed by atoms with Crippen molar-refractivity contribution in [3.8, 4) is 0 Å². The van der Waals surface area contributed by atoms with Gasteiger partial charge in [-0.15, -0.1) is 12.4 Å². The minimum Gasteiger partial charge on any atom is -0.344 e. The van der Waals surface area contributed by atoms with Crippen molar-refractivity contribution in [2.75, 3.05) is 27.2 Å². The molecule has 0 fully saturated rings. The molecule has 21 heavy (non-hydrogen) atoms. The van der Waals surface area contributed by atoms with E-state index in [9.17, 15) is 14.9 Å². The number of hydrogen-bond donors (Lipinski definition) is 1. The average Bonchev–Trinajstić information content (AvgIpc) is 2.67. The number of hydrogen-bond acceptors (Lipinski definition) is 5. The Bertz CT molecular complexity index is 503. The molecule has 0 bridgehead atoms. The molecule has 0 atom stereocenters. The van der Waals surface area contributed by atoms with Crippen molar-refractivity contribution in [3.63, 3.8) is 0 Å². The highest BCUT2D eigenvalue weighted by atomic mass is 35.5. The van der Waals surface area contributed by atoms with Gasteiger partial charge in [0, 0.05) is 26.6 Å². The number of nitro groups is 1. The van der Waals surface area contributed by atoms with Crippen LogP contribution in [-0.4, -0.2) is 52.7 Å². The maximum atomic E-state index is 11.9. The zero-order valence-electron chi connectivity index (χ0n) is 12.8.